The Kier molecular flexibility index (Phi) is 3.18. The summed E-state index contributed by atoms with van der Waals surface area (Å²) in [5.74, 6) is 0. The zero-order valence-electron chi connectivity index (χ0n) is 8.91. The molecule has 2 nitrogen and oxygen atoms in total. The molecule has 0 spiro atoms. The summed E-state index contributed by atoms with van der Waals surface area (Å²) < 4.78 is 53.6. The molecule has 0 bridgehead atoms. The molecule has 0 N–H and O–H groups in total. The Balaban J connectivity index is 2.13. The van der Waals surface area contributed by atoms with Gasteiger partial charge in [-0.15, -0.1) is 4.39 Å². The van der Waals surface area contributed by atoms with Crippen molar-refractivity contribution < 1.29 is 22.0 Å². The monoisotopic (exact) mass is 257 g/mol. The molecule has 0 aliphatic rings. The van der Waals surface area contributed by atoms with Crippen molar-refractivity contribution in [1.29, 1.82) is 0 Å². The summed E-state index contributed by atoms with van der Waals surface area (Å²) in [5.41, 5.74) is 0.0888. The Morgan fingerprint density at radius 2 is 1.72 bits per heavy atom. The van der Waals surface area contributed by atoms with Crippen molar-refractivity contribution in [2.24, 2.45) is 0 Å². The zero-order chi connectivity index (χ0) is 13.2. The molecular weight excluding hydrogens is 250 g/mol. The summed E-state index contributed by atoms with van der Waals surface area (Å²) in [4.78, 5) is 3.38. The van der Waals surface area contributed by atoms with Crippen LogP contribution in [0.1, 0.15) is 16.8 Å². The molecule has 1 aromatic carbocycles. The molecule has 1 heterocycles. The van der Waals surface area contributed by atoms with Crippen molar-refractivity contribution in [2.75, 3.05) is 0 Å². The Morgan fingerprint density at radius 1 is 1.06 bits per heavy atom. The molecule has 0 atom stereocenters. The van der Waals surface area contributed by atoms with Crippen molar-refractivity contribution in [1.82, 2.24) is 4.98 Å². The SMILES string of the molecule is Fc1nc(C=Cc2ccc(C(F)(F)F)cc2)co1. The largest absolute Gasteiger partial charge is 0.423 e. The van der Waals surface area contributed by atoms with Gasteiger partial charge in [-0.2, -0.15) is 18.2 Å². The smallest absolute Gasteiger partial charge is 0.416 e. The average Bonchev–Trinajstić information content (AvgIpc) is 2.72. The number of nitrogens with zero attached hydrogens (tertiary/aromatic N) is 1. The van der Waals surface area contributed by atoms with E-state index in [0.717, 1.165) is 18.4 Å². The topological polar surface area (TPSA) is 26.0 Å². The van der Waals surface area contributed by atoms with Crippen molar-refractivity contribution >= 4 is 12.2 Å². The highest BCUT2D eigenvalue weighted by Crippen LogP contribution is 2.29. The molecule has 18 heavy (non-hydrogen) atoms. The van der Waals surface area contributed by atoms with Crippen LogP contribution in [0.25, 0.3) is 12.2 Å². The van der Waals surface area contributed by atoms with Gasteiger partial charge in [0.15, 0.2) is 0 Å². The molecule has 0 aliphatic heterocycles. The van der Waals surface area contributed by atoms with Gasteiger partial charge in [0.1, 0.15) is 12.0 Å². The van der Waals surface area contributed by atoms with Crippen LogP contribution in [-0.2, 0) is 6.18 Å². The minimum Gasteiger partial charge on any atom is -0.423 e. The molecule has 0 radical (unpaired) electrons. The Morgan fingerprint density at radius 3 is 2.22 bits per heavy atom. The van der Waals surface area contributed by atoms with E-state index in [2.05, 4.69) is 9.40 Å². The second-order valence-electron chi connectivity index (χ2n) is 3.48. The number of hydrogen-bond donors (Lipinski definition) is 0. The molecular formula is C12H7F4NO. The summed E-state index contributed by atoms with van der Waals surface area (Å²) in [6, 6.07) is 4.58. The fourth-order valence-electron chi connectivity index (χ4n) is 1.30. The maximum Gasteiger partial charge on any atom is 0.416 e. The molecule has 2 rings (SSSR count). The Bertz CT molecular complexity index is 554. The van der Waals surface area contributed by atoms with E-state index in [1.54, 1.807) is 0 Å². The molecule has 6 heteroatoms. The van der Waals surface area contributed by atoms with Gasteiger partial charge < -0.3 is 4.42 Å². The van der Waals surface area contributed by atoms with Crippen LogP contribution in [-0.4, -0.2) is 4.98 Å². The third-order valence-corrected chi connectivity index (χ3v) is 2.18. The number of aromatic nitrogens is 1. The molecule has 0 unspecified atom stereocenters. The lowest BCUT2D eigenvalue weighted by atomic mass is 10.1. The quantitative estimate of drug-likeness (QED) is 0.760. The fourth-order valence-corrected chi connectivity index (χ4v) is 1.30. The highest BCUT2D eigenvalue weighted by molar-refractivity contribution is 5.67. The first kappa shape index (κ1) is 12.3. The van der Waals surface area contributed by atoms with Crippen LogP contribution in [0.2, 0.25) is 0 Å². The van der Waals surface area contributed by atoms with E-state index in [0.29, 0.717) is 5.56 Å². The van der Waals surface area contributed by atoms with Gasteiger partial charge in [0.2, 0.25) is 0 Å². The van der Waals surface area contributed by atoms with Crippen molar-refractivity contribution in [3.05, 3.63) is 53.5 Å². The Labute approximate surface area is 99.6 Å². The molecule has 0 fully saturated rings. The van der Waals surface area contributed by atoms with Crippen LogP contribution >= 0.6 is 0 Å². The van der Waals surface area contributed by atoms with E-state index in [-0.39, 0.29) is 5.69 Å². The lowest BCUT2D eigenvalue weighted by molar-refractivity contribution is -0.137. The van der Waals surface area contributed by atoms with E-state index in [9.17, 15) is 17.6 Å². The predicted octanol–water partition coefficient (Wildman–Crippen LogP) is 4.00. The van der Waals surface area contributed by atoms with E-state index in [1.807, 2.05) is 0 Å². The summed E-state index contributed by atoms with van der Waals surface area (Å²) in [6.45, 7) is 0. The third kappa shape index (κ3) is 2.97. The highest BCUT2D eigenvalue weighted by Gasteiger charge is 2.29. The molecule has 0 saturated carbocycles. The second-order valence-corrected chi connectivity index (χ2v) is 3.48. The van der Waals surface area contributed by atoms with E-state index in [4.69, 9.17) is 0 Å². The van der Waals surface area contributed by atoms with Crippen LogP contribution in [0.15, 0.2) is 34.9 Å². The first-order valence-corrected chi connectivity index (χ1v) is 4.91. The summed E-state index contributed by atoms with van der Waals surface area (Å²) in [6.07, 6.45) is -1.25. The number of alkyl halides is 3. The predicted molar refractivity (Wildman–Crippen MR) is 56.8 cm³/mol. The number of hydrogen-bond acceptors (Lipinski definition) is 2. The number of oxazole rings is 1. The first-order chi connectivity index (χ1) is 8.45. The second kappa shape index (κ2) is 4.64. The van der Waals surface area contributed by atoms with Crippen molar-refractivity contribution in [3.63, 3.8) is 0 Å². The van der Waals surface area contributed by atoms with Gasteiger partial charge in [-0.05, 0) is 23.8 Å². The number of rotatable bonds is 2. The van der Waals surface area contributed by atoms with Gasteiger partial charge in [-0.25, -0.2) is 0 Å². The number of halogens is 4. The summed E-state index contributed by atoms with van der Waals surface area (Å²) in [7, 11) is 0. The van der Waals surface area contributed by atoms with Crippen LogP contribution < -0.4 is 0 Å². The van der Waals surface area contributed by atoms with Gasteiger partial charge >= 0.3 is 12.3 Å². The molecule has 2 aromatic rings. The van der Waals surface area contributed by atoms with Gasteiger partial charge in [-0.3, -0.25) is 0 Å². The summed E-state index contributed by atoms with van der Waals surface area (Å²) in [5, 5.41) is 0. The van der Waals surface area contributed by atoms with Gasteiger partial charge in [0.05, 0.1) is 5.56 Å². The van der Waals surface area contributed by atoms with Crippen LogP contribution in [0.4, 0.5) is 17.6 Å². The van der Waals surface area contributed by atoms with Gasteiger partial charge in [0, 0.05) is 0 Å². The van der Waals surface area contributed by atoms with Crippen molar-refractivity contribution in [3.8, 4) is 0 Å². The minimum absolute atomic E-state index is 0.257. The molecule has 0 aliphatic carbocycles. The van der Waals surface area contributed by atoms with Crippen molar-refractivity contribution in [2.45, 2.75) is 6.18 Å². The molecule has 1 aromatic heterocycles. The van der Waals surface area contributed by atoms with Gasteiger partial charge in [0.25, 0.3) is 0 Å². The lowest BCUT2D eigenvalue weighted by Gasteiger charge is -2.05. The van der Waals surface area contributed by atoms with E-state index in [1.165, 1.54) is 24.3 Å². The van der Waals surface area contributed by atoms with Gasteiger partial charge in [-0.1, -0.05) is 18.2 Å². The molecule has 94 valence electrons. The summed E-state index contributed by atoms with van der Waals surface area (Å²) >= 11 is 0. The minimum atomic E-state index is -4.35. The highest BCUT2D eigenvalue weighted by atomic mass is 19.4. The normalized spacial score (nSPS) is 12.2. The molecule has 0 amide bonds. The van der Waals surface area contributed by atoms with E-state index < -0.39 is 17.9 Å². The van der Waals surface area contributed by atoms with Crippen LogP contribution in [0.3, 0.4) is 0 Å². The van der Waals surface area contributed by atoms with Crippen LogP contribution in [0, 0.1) is 6.14 Å². The lowest BCUT2D eigenvalue weighted by Crippen LogP contribution is -2.03. The standard InChI is InChI=1S/C12H7F4NO/c13-11-17-10(7-18-11)6-3-8-1-4-9(5-2-8)12(14,15)16/h1-7H. The average molecular weight is 257 g/mol. The fraction of sp³-hybridized carbons (Fsp3) is 0.0833. The molecule has 0 saturated heterocycles. The third-order valence-electron chi connectivity index (χ3n) is 2.18. The maximum absolute atomic E-state index is 12.4. The first-order valence-electron chi connectivity index (χ1n) is 4.91. The Hall–Kier alpha value is -2.11. The van der Waals surface area contributed by atoms with Crippen LogP contribution in [0.5, 0.6) is 0 Å². The maximum atomic E-state index is 12.4. The van der Waals surface area contributed by atoms with E-state index >= 15 is 0 Å². The zero-order valence-corrected chi connectivity index (χ0v) is 8.91. The number of benzene rings is 1.